The van der Waals surface area contributed by atoms with E-state index in [0.717, 1.165) is 9.87 Å². The minimum absolute atomic E-state index is 0.0300. The number of hydrogen-bond acceptors (Lipinski definition) is 5. The number of benzene rings is 3. The van der Waals surface area contributed by atoms with Gasteiger partial charge in [-0.1, -0.05) is 35.9 Å². The molecule has 0 aromatic heterocycles. The summed E-state index contributed by atoms with van der Waals surface area (Å²) in [5.74, 6) is 0.479. The van der Waals surface area contributed by atoms with Crippen molar-refractivity contribution in [2.24, 2.45) is 0 Å². The number of amides is 1. The Balaban J connectivity index is 1.94. The van der Waals surface area contributed by atoms with Gasteiger partial charge in [-0.05, 0) is 54.1 Å². The van der Waals surface area contributed by atoms with E-state index in [1.807, 2.05) is 12.1 Å². The van der Waals surface area contributed by atoms with Gasteiger partial charge in [0.25, 0.3) is 10.0 Å². The second kappa shape index (κ2) is 10.6. The second-order valence-electron chi connectivity index (χ2n) is 7.24. The lowest BCUT2D eigenvalue weighted by Crippen LogP contribution is -2.41. The van der Waals surface area contributed by atoms with Crippen molar-refractivity contribution in [3.05, 3.63) is 83.4 Å². The monoisotopic (exact) mass is 488 g/mol. The lowest BCUT2D eigenvalue weighted by Gasteiger charge is -2.28. The normalized spacial score (nSPS) is 11.0. The molecule has 3 rings (SSSR count). The van der Waals surface area contributed by atoms with Crippen molar-refractivity contribution in [2.45, 2.75) is 11.4 Å². The quantitative estimate of drug-likeness (QED) is 0.451. The number of nitrogens with zero attached hydrogens (tertiary/aromatic N) is 2. The average Bonchev–Trinajstić information content (AvgIpc) is 2.83. The summed E-state index contributed by atoms with van der Waals surface area (Å²) in [6, 6.07) is 19.8. The van der Waals surface area contributed by atoms with Crippen LogP contribution in [0.1, 0.15) is 5.56 Å². The number of likely N-dealkylation sites (N-methyl/N-ethyl adjacent to an activating group) is 1. The van der Waals surface area contributed by atoms with E-state index in [9.17, 15) is 13.2 Å². The molecule has 0 heterocycles. The van der Waals surface area contributed by atoms with Gasteiger partial charge < -0.3 is 14.4 Å². The number of hydrogen-bond donors (Lipinski definition) is 0. The molecule has 3 aromatic rings. The van der Waals surface area contributed by atoms with E-state index in [4.69, 9.17) is 21.1 Å². The zero-order valence-electron chi connectivity index (χ0n) is 18.6. The molecule has 0 saturated carbocycles. The summed E-state index contributed by atoms with van der Waals surface area (Å²) in [5.41, 5.74) is 1.14. The first-order valence-electron chi connectivity index (χ1n) is 10.0. The Bertz CT molecular complexity index is 1200. The summed E-state index contributed by atoms with van der Waals surface area (Å²) in [6.07, 6.45) is 0. The van der Waals surface area contributed by atoms with Crippen molar-refractivity contribution in [1.82, 2.24) is 4.90 Å². The van der Waals surface area contributed by atoms with Crippen molar-refractivity contribution in [3.8, 4) is 11.5 Å². The average molecular weight is 489 g/mol. The van der Waals surface area contributed by atoms with Crippen molar-refractivity contribution >= 4 is 33.2 Å². The first kappa shape index (κ1) is 24.4. The molecule has 0 aliphatic heterocycles. The van der Waals surface area contributed by atoms with Gasteiger partial charge in [0.2, 0.25) is 5.91 Å². The highest BCUT2D eigenvalue weighted by molar-refractivity contribution is 7.92. The van der Waals surface area contributed by atoms with Crippen LogP contribution in [0.2, 0.25) is 5.02 Å². The lowest BCUT2D eigenvalue weighted by atomic mass is 10.2. The smallest absolute Gasteiger partial charge is 0.264 e. The maximum atomic E-state index is 13.6. The molecule has 33 heavy (non-hydrogen) atoms. The molecule has 0 bridgehead atoms. The fourth-order valence-electron chi connectivity index (χ4n) is 3.21. The molecule has 0 aliphatic carbocycles. The van der Waals surface area contributed by atoms with E-state index in [-0.39, 0.29) is 16.5 Å². The van der Waals surface area contributed by atoms with Crippen molar-refractivity contribution < 1.29 is 22.7 Å². The van der Waals surface area contributed by atoms with Crippen LogP contribution in [0.5, 0.6) is 11.5 Å². The van der Waals surface area contributed by atoms with E-state index < -0.39 is 16.6 Å². The summed E-state index contributed by atoms with van der Waals surface area (Å²) in [4.78, 5) is 14.6. The Hall–Kier alpha value is -3.23. The Morgan fingerprint density at radius 2 is 1.55 bits per heavy atom. The highest BCUT2D eigenvalue weighted by Gasteiger charge is 2.30. The third-order valence-corrected chi connectivity index (χ3v) is 7.06. The van der Waals surface area contributed by atoms with E-state index in [1.165, 1.54) is 31.3 Å². The number of para-hydroxylation sites is 2. The second-order valence-corrected chi connectivity index (χ2v) is 9.53. The van der Waals surface area contributed by atoms with E-state index >= 15 is 0 Å². The Kier molecular flexibility index (Phi) is 7.84. The standard InChI is InChI=1S/C24H25ClN2O5S/c1-26(16-18-8-10-19(25)11-9-18)24(28)17-27(22-6-4-5-7-23(22)32-3)33(29,30)21-14-12-20(31-2)13-15-21/h4-15H,16-17H2,1-3H3. The summed E-state index contributed by atoms with van der Waals surface area (Å²) in [6.45, 7) is -0.100. The minimum Gasteiger partial charge on any atom is -0.497 e. The van der Waals surface area contributed by atoms with Gasteiger partial charge in [-0.15, -0.1) is 0 Å². The van der Waals surface area contributed by atoms with Gasteiger partial charge in [0.15, 0.2) is 0 Å². The SMILES string of the molecule is COc1ccc(S(=O)(=O)N(CC(=O)N(C)Cc2ccc(Cl)cc2)c2ccccc2OC)cc1. The molecule has 7 nitrogen and oxygen atoms in total. The number of methoxy groups -OCH3 is 2. The lowest BCUT2D eigenvalue weighted by molar-refractivity contribution is -0.128. The molecule has 0 aliphatic rings. The van der Waals surface area contributed by atoms with Crippen LogP contribution in [0.25, 0.3) is 0 Å². The number of carbonyl (C=O) groups excluding carboxylic acids is 1. The van der Waals surface area contributed by atoms with E-state index in [0.29, 0.717) is 23.1 Å². The summed E-state index contributed by atoms with van der Waals surface area (Å²) in [5, 5.41) is 0.598. The number of carbonyl (C=O) groups is 1. The molecule has 0 radical (unpaired) electrons. The van der Waals surface area contributed by atoms with Crippen molar-refractivity contribution in [3.63, 3.8) is 0 Å². The van der Waals surface area contributed by atoms with E-state index in [1.54, 1.807) is 55.6 Å². The van der Waals surface area contributed by atoms with Crippen LogP contribution in [0.15, 0.2) is 77.7 Å². The third kappa shape index (κ3) is 5.77. The number of rotatable bonds is 9. The molecule has 9 heteroatoms. The van der Waals surface area contributed by atoms with Gasteiger partial charge in [0, 0.05) is 18.6 Å². The number of ether oxygens (including phenoxy) is 2. The van der Waals surface area contributed by atoms with Crippen LogP contribution in [0.4, 0.5) is 5.69 Å². The molecule has 3 aromatic carbocycles. The third-order valence-electron chi connectivity index (χ3n) is 5.04. The first-order valence-corrected chi connectivity index (χ1v) is 11.9. The number of sulfonamides is 1. The fraction of sp³-hybridized carbons (Fsp3) is 0.208. The number of halogens is 1. The van der Waals surface area contributed by atoms with Crippen molar-refractivity contribution in [2.75, 3.05) is 32.1 Å². The summed E-state index contributed by atoms with van der Waals surface area (Å²) < 4.78 is 38.8. The Morgan fingerprint density at radius 3 is 2.15 bits per heavy atom. The van der Waals surface area contributed by atoms with Crippen LogP contribution in [0.3, 0.4) is 0 Å². The highest BCUT2D eigenvalue weighted by atomic mass is 35.5. The molecule has 0 atom stereocenters. The first-order chi connectivity index (χ1) is 15.8. The summed E-state index contributed by atoms with van der Waals surface area (Å²) >= 11 is 5.93. The maximum absolute atomic E-state index is 13.6. The largest absolute Gasteiger partial charge is 0.497 e. The maximum Gasteiger partial charge on any atom is 0.264 e. The molecule has 0 fully saturated rings. The molecular weight excluding hydrogens is 464 g/mol. The zero-order chi connectivity index (χ0) is 24.0. The van der Waals surface area contributed by atoms with Crippen LogP contribution in [-0.4, -0.2) is 47.0 Å². The topological polar surface area (TPSA) is 76.2 Å². The van der Waals surface area contributed by atoms with Crippen LogP contribution in [-0.2, 0) is 21.4 Å². The van der Waals surface area contributed by atoms with Crippen LogP contribution < -0.4 is 13.8 Å². The molecule has 0 N–H and O–H groups in total. The molecule has 174 valence electrons. The molecule has 0 spiro atoms. The Morgan fingerprint density at radius 1 is 0.909 bits per heavy atom. The summed E-state index contributed by atoms with van der Waals surface area (Å²) in [7, 11) is 0.486. The molecule has 1 amide bonds. The minimum atomic E-state index is -4.09. The Labute approximate surface area is 199 Å². The van der Waals surface area contributed by atoms with Gasteiger partial charge in [0.1, 0.15) is 18.0 Å². The van der Waals surface area contributed by atoms with E-state index in [2.05, 4.69) is 0 Å². The van der Waals surface area contributed by atoms with Gasteiger partial charge in [0.05, 0.1) is 24.8 Å². The fourth-order valence-corrected chi connectivity index (χ4v) is 4.76. The van der Waals surface area contributed by atoms with Gasteiger partial charge in [-0.25, -0.2) is 8.42 Å². The van der Waals surface area contributed by atoms with Gasteiger partial charge in [-0.3, -0.25) is 9.10 Å². The highest BCUT2D eigenvalue weighted by Crippen LogP contribution is 2.32. The van der Waals surface area contributed by atoms with Gasteiger partial charge in [-0.2, -0.15) is 0 Å². The zero-order valence-corrected chi connectivity index (χ0v) is 20.1. The van der Waals surface area contributed by atoms with Crippen LogP contribution >= 0.6 is 11.6 Å². The predicted molar refractivity (Wildman–Crippen MR) is 128 cm³/mol. The van der Waals surface area contributed by atoms with Crippen LogP contribution in [0, 0.1) is 0 Å². The molecular formula is C24H25ClN2O5S. The molecule has 0 saturated heterocycles. The number of anilines is 1. The van der Waals surface area contributed by atoms with Gasteiger partial charge >= 0.3 is 0 Å². The molecule has 0 unspecified atom stereocenters. The predicted octanol–water partition coefficient (Wildman–Crippen LogP) is 4.21. The van der Waals surface area contributed by atoms with Crippen molar-refractivity contribution in [1.29, 1.82) is 0 Å².